The largest absolute Gasteiger partial charge is 0.494 e. The lowest BCUT2D eigenvalue weighted by Crippen LogP contribution is -2.22. The van der Waals surface area contributed by atoms with E-state index in [9.17, 15) is 0 Å². The molecule has 1 aliphatic rings. The summed E-state index contributed by atoms with van der Waals surface area (Å²) in [5.41, 5.74) is 6.39. The topological polar surface area (TPSA) is 44.5 Å². The van der Waals surface area contributed by atoms with Crippen molar-refractivity contribution in [2.75, 3.05) is 18.9 Å². The van der Waals surface area contributed by atoms with E-state index in [1.54, 1.807) is 0 Å². The first-order valence-corrected chi connectivity index (χ1v) is 7.34. The molecular formula is C16H25NO2. The normalized spacial score (nSPS) is 23.2. The van der Waals surface area contributed by atoms with Gasteiger partial charge in [-0.2, -0.15) is 0 Å². The van der Waals surface area contributed by atoms with Crippen LogP contribution >= 0.6 is 0 Å². The molecule has 0 saturated heterocycles. The lowest BCUT2D eigenvalue weighted by atomic mass is 9.89. The van der Waals surface area contributed by atoms with Crippen molar-refractivity contribution in [1.29, 1.82) is 0 Å². The molecule has 0 aromatic heterocycles. The Kier molecular flexibility index (Phi) is 5.52. The van der Waals surface area contributed by atoms with Crippen molar-refractivity contribution >= 4 is 5.69 Å². The fourth-order valence-electron chi connectivity index (χ4n) is 2.59. The van der Waals surface area contributed by atoms with Crippen molar-refractivity contribution in [1.82, 2.24) is 0 Å². The molecule has 0 radical (unpaired) electrons. The van der Waals surface area contributed by atoms with Crippen LogP contribution in [0.15, 0.2) is 24.3 Å². The Bertz CT molecular complexity index is 364. The van der Waals surface area contributed by atoms with Crippen molar-refractivity contribution in [3.8, 4) is 5.75 Å². The first kappa shape index (κ1) is 14.2. The maximum atomic E-state index is 5.91. The van der Waals surface area contributed by atoms with E-state index in [2.05, 4.69) is 6.92 Å². The Balaban J connectivity index is 1.55. The lowest BCUT2D eigenvalue weighted by molar-refractivity contribution is 0.0106. The molecule has 1 aliphatic carbocycles. The van der Waals surface area contributed by atoms with Gasteiger partial charge in [0.15, 0.2) is 0 Å². The molecule has 1 saturated carbocycles. The third-order valence-electron chi connectivity index (χ3n) is 3.68. The highest BCUT2D eigenvalue weighted by molar-refractivity contribution is 5.41. The molecule has 1 aromatic rings. The Morgan fingerprint density at radius 2 is 1.95 bits per heavy atom. The molecule has 3 heteroatoms. The van der Waals surface area contributed by atoms with E-state index in [1.807, 2.05) is 24.3 Å². The van der Waals surface area contributed by atoms with Crippen LogP contribution < -0.4 is 10.5 Å². The standard InChI is InChI=1S/C16H25NO2/c1-13-4-2-5-16(12-13)19-11-3-10-18-15-8-6-14(17)7-9-15/h6-9,13,16H,2-5,10-12,17H2,1H3. The van der Waals surface area contributed by atoms with Crippen LogP contribution in [0.4, 0.5) is 5.69 Å². The van der Waals surface area contributed by atoms with Gasteiger partial charge >= 0.3 is 0 Å². The third kappa shape index (κ3) is 5.11. The molecule has 0 aliphatic heterocycles. The molecule has 0 spiro atoms. The van der Waals surface area contributed by atoms with Crippen LogP contribution in [-0.4, -0.2) is 19.3 Å². The Morgan fingerprint density at radius 3 is 2.68 bits per heavy atom. The fourth-order valence-corrected chi connectivity index (χ4v) is 2.59. The molecule has 2 N–H and O–H groups in total. The minimum Gasteiger partial charge on any atom is -0.494 e. The van der Waals surface area contributed by atoms with Crippen LogP contribution in [0.3, 0.4) is 0 Å². The van der Waals surface area contributed by atoms with Gasteiger partial charge in [-0.3, -0.25) is 0 Å². The first-order chi connectivity index (χ1) is 9.24. The number of hydrogen-bond donors (Lipinski definition) is 1. The van der Waals surface area contributed by atoms with Gasteiger partial charge in [-0.05, 0) is 43.0 Å². The molecular weight excluding hydrogens is 238 g/mol. The highest BCUT2D eigenvalue weighted by Gasteiger charge is 2.18. The third-order valence-corrected chi connectivity index (χ3v) is 3.68. The molecule has 0 heterocycles. The lowest BCUT2D eigenvalue weighted by Gasteiger charge is -2.26. The maximum absolute atomic E-state index is 5.91. The van der Waals surface area contributed by atoms with E-state index in [0.717, 1.165) is 30.4 Å². The predicted octanol–water partition coefficient (Wildman–Crippen LogP) is 3.63. The van der Waals surface area contributed by atoms with Crippen molar-refractivity contribution in [3.63, 3.8) is 0 Å². The molecule has 1 fully saturated rings. The summed E-state index contributed by atoms with van der Waals surface area (Å²) < 4.78 is 11.5. The molecule has 19 heavy (non-hydrogen) atoms. The van der Waals surface area contributed by atoms with Gasteiger partial charge in [-0.25, -0.2) is 0 Å². The number of nitrogen functional groups attached to an aromatic ring is 1. The highest BCUT2D eigenvalue weighted by atomic mass is 16.5. The summed E-state index contributed by atoms with van der Waals surface area (Å²) in [5, 5.41) is 0. The molecule has 2 unspecified atom stereocenters. The summed E-state index contributed by atoms with van der Waals surface area (Å²) in [7, 11) is 0. The second-order valence-electron chi connectivity index (χ2n) is 5.54. The molecule has 2 atom stereocenters. The van der Waals surface area contributed by atoms with Crippen LogP contribution in [0, 0.1) is 5.92 Å². The second kappa shape index (κ2) is 7.39. The smallest absolute Gasteiger partial charge is 0.119 e. The molecule has 1 aromatic carbocycles. The minimum absolute atomic E-state index is 0.472. The van der Waals surface area contributed by atoms with Crippen LogP contribution in [0.2, 0.25) is 0 Å². The summed E-state index contributed by atoms with van der Waals surface area (Å²) in [6.07, 6.45) is 6.53. The maximum Gasteiger partial charge on any atom is 0.119 e. The van der Waals surface area contributed by atoms with Gasteiger partial charge in [0.05, 0.1) is 19.3 Å². The summed E-state index contributed by atoms with van der Waals surface area (Å²) in [4.78, 5) is 0. The van der Waals surface area contributed by atoms with Gasteiger partial charge in [0.25, 0.3) is 0 Å². The van der Waals surface area contributed by atoms with Gasteiger partial charge in [0.2, 0.25) is 0 Å². The number of benzene rings is 1. The van der Waals surface area contributed by atoms with Crippen LogP contribution in [0.1, 0.15) is 39.0 Å². The number of ether oxygens (including phenoxy) is 2. The van der Waals surface area contributed by atoms with Crippen molar-refractivity contribution < 1.29 is 9.47 Å². The summed E-state index contributed by atoms with van der Waals surface area (Å²) in [6, 6.07) is 7.52. The average molecular weight is 263 g/mol. The average Bonchev–Trinajstić information content (AvgIpc) is 2.41. The van der Waals surface area contributed by atoms with E-state index in [-0.39, 0.29) is 0 Å². The molecule has 106 valence electrons. The van der Waals surface area contributed by atoms with E-state index in [1.165, 1.54) is 25.7 Å². The summed E-state index contributed by atoms with van der Waals surface area (Å²) in [5.74, 6) is 1.70. The van der Waals surface area contributed by atoms with E-state index >= 15 is 0 Å². The number of nitrogens with two attached hydrogens (primary N) is 1. The van der Waals surface area contributed by atoms with Crippen molar-refractivity contribution in [2.24, 2.45) is 5.92 Å². The predicted molar refractivity (Wildman–Crippen MR) is 78.3 cm³/mol. The van der Waals surface area contributed by atoms with Gasteiger partial charge in [-0.1, -0.05) is 19.8 Å². The van der Waals surface area contributed by atoms with Crippen LogP contribution in [0.5, 0.6) is 5.75 Å². The monoisotopic (exact) mass is 263 g/mol. The van der Waals surface area contributed by atoms with Gasteiger partial charge in [-0.15, -0.1) is 0 Å². The minimum atomic E-state index is 0.472. The molecule has 0 amide bonds. The van der Waals surface area contributed by atoms with Crippen molar-refractivity contribution in [3.05, 3.63) is 24.3 Å². The number of anilines is 1. The van der Waals surface area contributed by atoms with Crippen LogP contribution in [-0.2, 0) is 4.74 Å². The van der Waals surface area contributed by atoms with E-state index < -0.39 is 0 Å². The van der Waals surface area contributed by atoms with Crippen LogP contribution in [0.25, 0.3) is 0 Å². The van der Waals surface area contributed by atoms with E-state index in [0.29, 0.717) is 12.7 Å². The number of hydrogen-bond acceptors (Lipinski definition) is 3. The SMILES string of the molecule is CC1CCCC(OCCCOc2ccc(N)cc2)C1. The Labute approximate surface area is 116 Å². The van der Waals surface area contributed by atoms with Gasteiger partial charge in [0, 0.05) is 12.1 Å². The first-order valence-electron chi connectivity index (χ1n) is 7.34. The Hall–Kier alpha value is -1.22. The van der Waals surface area contributed by atoms with Crippen molar-refractivity contribution in [2.45, 2.75) is 45.1 Å². The van der Waals surface area contributed by atoms with E-state index in [4.69, 9.17) is 15.2 Å². The molecule has 3 nitrogen and oxygen atoms in total. The van der Waals surface area contributed by atoms with Gasteiger partial charge < -0.3 is 15.2 Å². The summed E-state index contributed by atoms with van der Waals surface area (Å²) in [6.45, 7) is 3.82. The van der Waals surface area contributed by atoms with Gasteiger partial charge in [0.1, 0.15) is 5.75 Å². The Morgan fingerprint density at radius 1 is 1.16 bits per heavy atom. The molecule has 2 rings (SSSR count). The quantitative estimate of drug-likeness (QED) is 0.629. The number of rotatable bonds is 6. The zero-order valence-corrected chi connectivity index (χ0v) is 11.8. The zero-order valence-electron chi connectivity index (χ0n) is 11.8. The fraction of sp³-hybridized carbons (Fsp3) is 0.625. The molecule has 0 bridgehead atoms. The highest BCUT2D eigenvalue weighted by Crippen LogP contribution is 2.25. The second-order valence-corrected chi connectivity index (χ2v) is 5.54. The summed E-state index contributed by atoms with van der Waals surface area (Å²) >= 11 is 0. The zero-order chi connectivity index (χ0) is 13.5.